The van der Waals surface area contributed by atoms with Gasteiger partial charge >= 0.3 is 12.1 Å². The highest BCUT2D eigenvalue weighted by molar-refractivity contribution is 6.30. The van der Waals surface area contributed by atoms with E-state index in [2.05, 4.69) is 5.32 Å². The monoisotopic (exact) mass is 385 g/mol. The number of nitrogens with one attached hydrogen (secondary N) is 1. The Morgan fingerprint density at radius 2 is 1.81 bits per heavy atom. The van der Waals surface area contributed by atoms with Crippen molar-refractivity contribution in [2.24, 2.45) is 0 Å². The summed E-state index contributed by atoms with van der Waals surface area (Å²) in [5, 5.41) is 3.16. The van der Waals surface area contributed by atoms with Gasteiger partial charge in [-0.2, -0.15) is 13.2 Å². The summed E-state index contributed by atoms with van der Waals surface area (Å²) in [6.45, 7) is 1.19. The molecule has 0 radical (unpaired) electrons. The average molecular weight is 386 g/mol. The number of alkyl halides is 3. The molecule has 4 nitrogen and oxygen atoms in total. The lowest BCUT2D eigenvalue weighted by molar-refractivity contribution is -0.137. The fourth-order valence-corrected chi connectivity index (χ4v) is 2.35. The molecule has 0 unspecified atom stereocenters. The number of benzene rings is 2. The molecule has 2 aromatic carbocycles. The Morgan fingerprint density at radius 1 is 1.15 bits per heavy atom. The molecule has 138 valence electrons. The maximum absolute atomic E-state index is 12.5. The molecule has 26 heavy (non-hydrogen) atoms. The number of hydrogen-bond acceptors (Lipinski definition) is 3. The van der Waals surface area contributed by atoms with Crippen LogP contribution in [0.2, 0.25) is 5.02 Å². The van der Waals surface area contributed by atoms with E-state index in [9.17, 15) is 22.8 Å². The van der Waals surface area contributed by atoms with Gasteiger partial charge in [0.1, 0.15) is 0 Å². The molecule has 8 heteroatoms. The van der Waals surface area contributed by atoms with Crippen LogP contribution in [0.3, 0.4) is 0 Å². The summed E-state index contributed by atoms with van der Waals surface area (Å²) in [5.74, 6) is -1.43. The quantitative estimate of drug-likeness (QED) is 0.776. The van der Waals surface area contributed by atoms with E-state index in [0.717, 1.165) is 29.8 Å². The van der Waals surface area contributed by atoms with Crippen LogP contribution in [0.15, 0.2) is 48.5 Å². The van der Waals surface area contributed by atoms with Gasteiger partial charge in [0.25, 0.3) is 5.91 Å². The van der Waals surface area contributed by atoms with Crippen molar-refractivity contribution in [2.75, 3.05) is 6.61 Å². The Morgan fingerprint density at radius 3 is 2.38 bits per heavy atom. The molecule has 0 saturated heterocycles. The second-order valence-electron chi connectivity index (χ2n) is 5.50. The van der Waals surface area contributed by atoms with Crippen molar-refractivity contribution in [3.05, 3.63) is 70.2 Å². The zero-order chi connectivity index (χ0) is 19.3. The van der Waals surface area contributed by atoms with Crippen molar-refractivity contribution in [1.29, 1.82) is 0 Å². The molecule has 0 fully saturated rings. The lowest BCUT2D eigenvalue weighted by Crippen LogP contribution is -2.31. The molecule has 0 aliphatic heterocycles. The Hall–Kier alpha value is -2.54. The van der Waals surface area contributed by atoms with Crippen molar-refractivity contribution < 1.29 is 27.5 Å². The lowest BCUT2D eigenvalue weighted by atomic mass is 10.1. The van der Waals surface area contributed by atoms with Gasteiger partial charge in [0.15, 0.2) is 6.61 Å². The zero-order valence-electron chi connectivity index (χ0n) is 13.6. The molecule has 1 atom stereocenters. The molecule has 0 bridgehead atoms. The molecule has 0 aliphatic carbocycles. The predicted molar refractivity (Wildman–Crippen MR) is 89.7 cm³/mol. The highest BCUT2D eigenvalue weighted by atomic mass is 35.5. The van der Waals surface area contributed by atoms with E-state index in [1.807, 2.05) is 0 Å². The summed E-state index contributed by atoms with van der Waals surface area (Å²) in [6, 6.07) is 10.1. The lowest BCUT2D eigenvalue weighted by Gasteiger charge is -2.14. The second kappa shape index (κ2) is 8.23. The molecule has 2 aromatic rings. The van der Waals surface area contributed by atoms with Gasteiger partial charge in [-0.15, -0.1) is 0 Å². The normalized spacial score (nSPS) is 12.3. The first-order valence-electron chi connectivity index (χ1n) is 7.56. The van der Waals surface area contributed by atoms with Crippen LogP contribution in [0.5, 0.6) is 0 Å². The Labute approximate surface area is 152 Å². The molecule has 0 spiro atoms. The number of rotatable bonds is 5. The summed E-state index contributed by atoms with van der Waals surface area (Å²) in [7, 11) is 0. The van der Waals surface area contributed by atoms with E-state index in [1.54, 1.807) is 31.2 Å². The Bertz CT molecular complexity index is 791. The largest absolute Gasteiger partial charge is 0.452 e. The molecule has 0 saturated carbocycles. The maximum atomic E-state index is 12.5. The van der Waals surface area contributed by atoms with Gasteiger partial charge < -0.3 is 10.1 Å². The molecule has 2 rings (SSSR count). The smallest absolute Gasteiger partial charge is 0.416 e. The molecule has 0 aromatic heterocycles. The third kappa shape index (κ3) is 5.49. The van der Waals surface area contributed by atoms with Crippen LogP contribution in [0.1, 0.15) is 34.5 Å². The fraction of sp³-hybridized carbons (Fsp3) is 0.222. The molecule has 0 aliphatic rings. The van der Waals surface area contributed by atoms with E-state index in [-0.39, 0.29) is 11.6 Å². The fourth-order valence-electron chi connectivity index (χ4n) is 2.15. The van der Waals surface area contributed by atoms with Gasteiger partial charge in [0.2, 0.25) is 0 Å². The first-order chi connectivity index (χ1) is 12.2. The van der Waals surface area contributed by atoms with E-state index in [4.69, 9.17) is 16.3 Å². The Balaban J connectivity index is 1.87. The van der Waals surface area contributed by atoms with Gasteiger partial charge in [-0.05, 0) is 48.9 Å². The number of halogens is 4. The van der Waals surface area contributed by atoms with Gasteiger partial charge in [0.05, 0.1) is 17.2 Å². The van der Waals surface area contributed by atoms with Gasteiger partial charge in [-0.1, -0.05) is 23.7 Å². The van der Waals surface area contributed by atoms with Crippen LogP contribution >= 0.6 is 11.6 Å². The predicted octanol–water partition coefficient (Wildman–Crippen LogP) is 4.39. The number of ether oxygens (including phenoxy) is 1. The highest BCUT2D eigenvalue weighted by Gasteiger charge is 2.30. The van der Waals surface area contributed by atoms with Crippen LogP contribution in [-0.4, -0.2) is 18.5 Å². The number of esters is 1. The summed E-state index contributed by atoms with van der Waals surface area (Å²) < 4.78 is 42.3. The van der Waals surface area contributed by atoms with Crippen LogP contribution in [0.25, 0.3) is 0 Å². The first kappa shape index (κ1) is 19.8. The van der Waals surface area contributed by atoms with Gasteiger partial charge in [0, 0.05) is 5.02 Å². The zero-order valence-corrected chi connectivity index (χ0v) is 14.4. The minimum atomic E-state index is -4.49. The summed E-state index contributed by atoms with van der Waals surface area (Å²) in [5.41, 5.74) is -0.171. The van der Waals surface area contributed by atoms with Crippen molar-refractivity contribution in [1.82, 2.24) is 5.32 Å². The SMILES string of the molecule is C[C@H](NC(=O)COC(=O)c1ccc(C(F)(F)F)cc1)c1cccc(Cl)c1. The van der Waals surface area contributed by atoms with E-state index >= 15 is 0 Å². The summed E-state index contributed by atoms with van der Waals surface area (Å²) >= 11 is 5.88. The number of amides is 1. The minimum Gasteiger partial charge on any atom is -0.452 e. The van der Waals surface area contributed by atoms with Crippen LogP contribution < -0.4 is 5.32 Å². The summed E-state index contributed by atoms with van der Waals surface area (Å²) in [6.07, 6.45) is -4.49. The van der Waals surface area contributed by atoms with Crippen LogP contribution in [0.4, 0.5) is 13.2 Å². The number of carbonyl (C=O) groups excluding carboxylic acids is 2. The van der Waals surface area contributed by atoms with Crippen molar-refractivity contribution in [3.8, 4) is 0 Å². The second-order valence-corrected chi connectivity index (χ2v) is 5.93. The number of hydrogen-bond donors (Lipinski definition) is 1. The van der Waals surface area contributed by atoms with Gasteiger partial charge in [-0.25, -0.2) is 4.79 Å². The van der Waals surface area contributed by atoms with E-state index in [0.29, 0.717) is 5.02 Å². The Kier molecular flexibility index (Phi) is 6.26. The molecular weight excluding hydrogens is 371 g/mol. The summed E-state index contributed by atoms with van der Waals surface area (Å²) in [4.78, 5) is 23.7. The third-order valence-corrected chi connectivity index (χ3v) is 3.74. The highest BCUT2D eigenvalue weighted by Crippen LogP contribution is 2.29. The average Bonchev–Trinajstić information content (AvgIpc) is 2.59. The van der Waals surface area contributed by atoms with Crippen molar-refractivity contribution in [3.63, 3.8) is 0 Å². The first-order valence-corrected chi connectivity index (χ1v) is 7.94. The van der Waals surface area contributed by atoms with Crippen molar-refractivity contribution in [2.45, 2.75) is 19.1 Å². The van der Waals surface area contributed by atoms with Crippen molar-refractivity contribution >= 4 is 23.5 Å². The van der Waals surface area contributed by atoms with Crippen LogP contribution in [0, 0.1) is 0 Å². The van der Waals surface area contributed by atoms with E-state index in [1.165, 1.54) is 0 Å². The molecule has 1 amide bonds. The third-order valence-electron chi connectivity index (χ3n) is 3.51. The van der Waals surface area contributed by atoms with Gasteiger partial charge in [-0.3, -0.25) is 4.79 Å². The molecule has 1 N–H and O–H groups in total. The standard InChI is InChI=1S/C18H15ClF3NO3/c1-11(13-3-2-4-15(19)9-13)23-16(24)10-26-17(25)12-5-7-14(8-6-12)18(20,21)22/h2-9,11H,10H2,1H3,(H,23,24)/t11-/m0/s1. The number of carbonyl (C=O) groups is 2. The molecule has 0 heterocycles. The topological polar surface area (TPSA) is 55.4 Å². The van der Waals surface area contributed by atoms with E-state index < -0.39 is 30.2 Å². The van der Waals surface area contributed by atoms with Crippen LogP contribution in [-0.2, 0) is 15.7 Å². The molecular formula is C18H15ClF3NO3. The minimum absolute atomic E-state index is 0.0753. The maximum Gasteiger partial charge on any atom is 0.416 e.